The van der Waals surface area contributed by atoms with Gasteiger partial charge in [-0.2, -0.15) is 0 Å². The molecule has 0 aromatic heterocycles. The van der Waals surface area contributed by atoms with Crippen LogP contribution in [-0.4, -0.2) is 24.9 Å². The number of carbonyl (C=O) groups excluding carboxylic acids is 2. The molecule has 1 aromatic carbocycles. The summed E-state index contributed by atoms with van der Waals surface area (Å²) in [6, 6.07) is 7.75. The van der Waals surface area contributed by atoms with Gasteiger partial charge in [0.2, 0.25) is 11.8 Å². The van der Waals surface area contributed by atoms with Gasteiger partial charge in [0.15, 0.2) is 0 Å². The molecule has 0 aliphatic carbocycles. The topological polar surface area (TPSA) is 70.2 Å². The largest absolute Gasteiger partial charge is 0.355 e. The van der Waals surface area contributed by atoms with Gasteiger partial charge >= 0.3 is 0 Å². The maximum Gasteiger partial charge on any atom is 0.226 e. The van der Waals surface area contributed by atoms with E-state index in [0.29, 0.717) is 6.54 Å². The number of hydrogen-bond donors (Lipinski definition) is 3. The van der Waals surface area contributed by atoms with Crippen LogP contribution < -0.4 is 16.0 Å². The van der Waals surface area contributed by atoms with Crippen molar-refractivity contribution < 1.29 is 9.59 Å². The summed E-state index contributed by atoms with van der Waals surface area (Å²) >= 11 is 0. The van der Waals surface area contributed by atoms with Crippen molar-refractivity contribution >= 4 is 17.5 Å². The Kier molecular flexibility index (Phi) is 7.05. The van der Waals surface area contributed by atoms with E-state index in [4.69, 9.17) is 0 Å². The van der Waals surface area contributed by atoms with E-state index in [1.54, 1.807) is 0 Å². The first-order chi connectivity index (χ1) is 10.3. The van der Waals surface area contributed by atoms with Crippen LogP contribution in [0.15, 0.2) is 24.3 Å². The SMILES string of the molecule is CCNCc1cccc(NC(=O)CCNC(=O)C(C)(C)C)c1. The Morgan fingerprint density at radius 1 is 1.18 bits per heavy atom. The Labute approximate surface area is 132 Å². The highest BCUT2D eigenvalue weighted by molar-refractivity contribution is 5.91. The first-order valence-corrected chi connectivity index (χ1v) is 7.70. The zero-order chi connectivity index (χ0) is 16.6. The highest BCUT2D eigenvalue weighted by Gasteiger charge is 2.20. The second kappa shape index (κ2) is 8.54. The van der Waals surface area contributed by atoms with Crippen molar-refractivity contribution in [2.45, 2.75) is 40.7 Å². The van der Waals surface area contributed by atoms with Crippen molar-refractivity contribution in [1.29, 1.82) is 0 Å². The molecule has 0 heterocycles. The number of anilines is 1. The molecule has 1 aromatic rings. The lowest BCUT2D eigenvalue weighted by Gasteiger charge is -2.17. The molecule has 0 spiro atoms. The smallest absolute Gasteiger partial charge is 0.226 e. The van der Waals surface area contributed by atoms with Crippen LogP contribution in [0.3, 0.4) is 0 Å². The normalized spacial score (nSPS) is 11.1. The van der Waals surface area contributed by atoms with Gasteiger partial charge in [-0.05, 0) is 24.2 Å². The molecule has 3 N–H and O–H groups in total. The van der Waals surface area contributed by atoms with Gasteiger partial charge in [0, 0.05) is 30.6 Å². The molecule has 0 aliphatic rings. The second-order valence-corrected chi connectivity index (χ2v) is 6.28. The van der Waals surface area contributed by atoms with E-state index < -0.39 is 5.41 Å². The molecular weight excluding hydrogens is 278 g/mol. The minimum Gasteiger partial charge on any atom is -0.355 e. The highest BCUT2D eigenvalue weighted by Crippen LogP contribution is 2.13. The summed E-state index contributed by atoms with van der Waals surface area (Å²) < 4.78 is 0. The maximum absolute atomic E-state index is 11.9. The third-order valence-electron chi connectivity index (χ3n) is 3.11. The van der Waals surface area contributed by atoms with Crippen LogP contribution in [0.25, 0.3) is 0 Å². The van der Waals surface area contributed by atoms with Crippen molar-refractivity contribution in [2.75, 3.05) is 18.4 Å². The van der Waals surface area contributed by atoms with Gasteiger partial charge in [0.05, 0.1) is 0 Å². The first-order valence-electron chi connectivity index (χ1n) is 7.70. The molecule has 5 nitrogen and oxygen atoms in total. The number of carbonyl (C=O) groups is 2. The van der Waals surface area contributed by atoms with Crippen molar-refractivity contribution in [3.63, 3.8) is 0 Å². The van der Waals surface area contributed by atoms with Crippen LogP contribution in [0, 0.1) is 5.41 Å². The van der Waals surface area contributed by atoms with E-state index >= 15 is 0 Å². The zero-order valence-electron chi connectivity index (χ0n) is 14.0. The molecule has 2 amide bonds. The van der Waals surface area contributed by atoms with Crippen molar-refractivity contribution in [3.8, 4) is 0 Å². The lowest BCUT2D eigenvalue weighted by molar-refractivity contribution is -0.128. The molecule has 5 heteroatoms. The fraction of sp³-hybridized carbons (Fsp3) is 0.529. The van der Waals surface area contributed by atoms with E-state index in [9.17, 15) is 9.59 Å². The Bertz CT molecular complexity index is 507. The lowest BCUT2D eigenvalue weighted by atomic mass is 9.96. The molecule has 1 rings (SSSR count). The zero-order valence-corrected chi connectivity index (χ0v) is 14.0. The summed E-state index contributed by atoms with van der Waals surface area (Å²) in [5.74, 6) is -0.150. The van der Waals surface area contributed by atoms with E-state index in [0.717, 1.165) is 24.3 Å². The average Bonchev–Trinajstić information content (AvgIpc) is 2.44. The predicted molar refractivity (Wildman–Crippen MR) is 89.5 cm³/mol. The Morgan fingerprint density at radius 3 is 2.55 bits per heavy atom. The summed E-state index contributed by atoms with van der Waals surface area (Å²) in [5.41, 5.74) is 1.47. The van der Waals surface area contributed by atoms with E-state index in [1.807, 2.05) is 45.0 Å². The Morgan fingerprint density at radius 2 is 1.91 bits per heavy atom. The van der Waals surface area contributed by atoms with Gasteiger partial charge in [0.1, 0.15) is 0 Å². The van der Waals surface area contributed by atoms with Crippen LogP contribution >= 0.6 is 0 Å². The molecule has 22 heavy (non-hydrogen) atoms. The Balaban J connectivity index is 2.40. The third-order valence-corrected chi connectivity index (χ3v) is 3.11. The fourth-order valence-corrected chi connectivity index (χ4v) is 1.81. The van der Waals surface area contributed by atoms with Crippen LogP contribution in [0.1, 0.15) is 39.7 Å². The molecule has 0 saturated heterocycles. The maximum atomic E-state index is 11.9. The first kappa shape index (κ1) is 18.2. The lowest BCUT2D eigenvalue weighted by Crippen LogP contribution is -2.36. The van der Waals surface area contributed by atoms with Crippen LogP contribution in [-0.2, 0) is 16.1 Å². The number of hydrogen-bond acceptors (Lipinski definition) is 3. The molecular formula is C17H27N3O2. The standard InChI is InChI=1S/C17H27N3O2/c1-5-18-12-13-7-6-8-14(11-13)20-15(21)9-10-19-16(22)17(2,3)4/h6-8,11,18H,5,9-10,12H2,1-4H3,(H,19,22)(H,20,21). The van der Waals surface area contributed by atoms with Gasteiger partial charge in [-0.25, -0.2) is 0 Å². The minimum absolute atomic E-state index is 0.0482. The summed E-state index contributed by atoms with van der Waals surface area (Å²) in [6.45, 7) is 9.62. The number of nitrogens with one attached hydrogen (secondary N) is 3. The summed E-state index contributed by atoms with van der Waals surface area (Å²) in [5, 5.41) is 8.87. The predicted octanol–water partition coefficient (Wildman–Crippen LogP) is 2.29. The number of benzene rings is 1. The summed E-state index contributed by atoms with van der Waals surface area (Å²) in [4.78, 5) is 23.6. The van der Waals surface area contributed by atoms with E-state index in [1.165, 1.54) is 0 Å². The van der Waals surface area contributed by atoms with E-state index in [-0.39, 0.29) is 18.2 Å². The molecule has 122 valence electrons. The summed E-state index contributed by atoms with van der Waals surface area (Å²) in [7, 11) is 0. The molecule has 0 bridgehead atoms. The van der Waals surface area contributed by atoms with Crippen molar-refractivity contribution in [3.05, 3.63) is 29.8 Å². The number of amides is 2. The molecule has 0 radical (unpaired) electrons. The van der Waals surface area contributed by atoms with Crippen molar-refractivity contribution in [1.82, 2.24) is 10.6 Å². The molecule has 0 unspecified atom stereocenters. The number of rotatable bonds is 7. The highest BCUT2D eigenvalue weighted by atomic mass is 16.2. The average molecular weight is 305 g/mol. The minimum atomic E-state index is -0.433. The molecule has 0 atom stereocenters. The third kappa shape index (κ3) is 6.72. The summed E-state index contributed by atoms with van der Waals surface area (Å²) in [6.07, 6.45) is 0.263. The van der Waals surface area contributed by atoms with Crippen LogP contribution in [0.5, 0.6) is 0 Å². The van der Waals surface area contributed by atoms with Gasteiger partial charge in [0.25, 0.3) is 0 Å². The molecule has 0 saturated carbocycles. The van der Waals surface area contributed by atoms with E-state index in [2.05, 4.69) is 22.9 Å². The van der Waals surface area contributed by atoms with Crippen LogP contribution in [0.4, 0.5) is 5.69 Å². The van der Waals surface area contributed by atoms with Gasteiger partial charge < -0.3 is 16.0 Å². The monoisotopic (exact) mass is 305 g/mol. The van der Waals surface area contributed by atoms with Gasteiger partial charge in [-0.3, -0.25) is 9.59 Å². The Hall–Kier alpha value is -1.88. The molecule has 0 fully saturated rings. The quantitative estimate of drug-likeness (QED) is 0.724. The van der Waals surface area contributed by atoms with Crippen molar-refractivity contribution in [2.24, 2.45) is 5.41 Å². The van der Waals surface area contributed by atoms with Gasteiger partial charge in [-0.1, -0.05) is 39.8 Å². The molecule has 0 aliphatic heterocycles. The van der Waals surface area contributed by atoms with Gasteiger partial charge in [-0.15, -0.1) is 0 Å². The van der Waals surface area contributed by atoms with Crippen LogP contribution in [0.2, 0.25) is 0 Å². The fourth-order valence-electron chi connectivity index (χ4n) is 1.81. The second-order valence-electron chi connectivity index (χ2n) is 6.28.